The number of nitrogens with one attached hydrogen (secondary N) is 1. The number of hydrogen-bond acceptors (Lipinski definition) is 4. The molecule has 6 heteroatoms. The van der Waals surface area contributed by atoms with Crippen LogP contribution >= 0.6 is 0 Å². The SMILES string of the molecule is c1ccc(-c2ccc3c(c2)c2ccccc2n3-c2cccc3c2oc2c(-c4ccc5c(c4)oc4ccccc45)c(-c4ncc5[nH]ccc5n4)ccc23)cc1. The number of nitrogens with zero attached hydrogens (tertiary/aromatic N) is 3. The van der Waals surface area contributed by atoms with Crippen molar-refractivity contribution in [1.29, 1.82) is 0 Å². The summed E-state index contributed by atoms with van der Waals surface area (Å²) in [4.78, 5) is 13.1. The normalized spacial score (nSPS) is 12.1. The lowest BCUT2D eigenvalue weighted by molar-refractivity contribution is 0.667. The lowest BCUT2D eigenvalue weighted by Gasteiger charge is -2.10. The Kier molecular flexibility index (Phi) is 5.96. The standard InChI is InChI=1S/C48H28N4O2/c1-2-9-28(10-3-1)29-18-22-41-37(25-29)31-11-4-6-14-40(31)52(41)42-15-8-13-34-35-20-21-36(48-50-27-39-38(51-48)23-24-49-39)45(47(35)54-46(34)42)30-17-19-33-32-12-5-7-16-43(32)53-44(33)26-30/h1-27,49H. The quantitative estimate of drug-likeness (QED) is 0.199. The first-order valence-electron chi connectivity index (χ1n) is 18.1. The van der Waals surface area contributed by atoms with E-state index in [9.17, 15) is 0 Å². The van der Waals surface area contributed by atoms with Gasteiger partial charge in [-0.25, -0.2) is 9.97 Å². The van der Waals surface area contributed by atoms with E-state index in [0.29, 0.717) is 5.82 Å². The lowest BCUT2D eigenvalue weighted by atomic mass is 9.95. The van der Waals surface area contributed by atoms with Gasteiger partial charge < -0.3 is 18.4 Å². The first kappa shape index (κ1) is 29.2. The first-order chi connectivity index (χ1) is 26.8. The molecule has 0 atom stereocenters. The fourth-order valence-corrected chi connectivity index (χ4v) is 8.39. The number of aromatic nitrogens is 4. The summed E-state index contributed by atoms with van der Waals surface area (Å²) in [5, 5.41) is 6.60. The van der Waals surface area contributed by atoms with Crippen LogP contribution in [0.2, 0.25) is 0 Å². The monoisotopic (exact) mass is 692 g/mol. The number of para-hydroxylation sites is 3. The summed E-state index contributed by atoms with van der Waals surface area (Å²) in [6.07, 6.45) is 3.73. The minimum Gasteiger partial charge on any atom is -0.456 e. The van der Waals surface area contributed by atoms with E-state index in [1.54, 1.807) is 0 Å². The summed E-state index contributed by atoms with van der Waals surface area (Å²) in [6.45, 7) is 0. The van der Waals surface area contributed by atoms with Crippen molar-refractivity contribution in [2.45, 2.75) is 0 Å². The van der Waals surface area contributed by atoms with Gasteiger partial charge >= 0.3 is 0 Å². The Morgan fingerprint density at radius 3 is 2.20 bits per heavy atom. The molecule has 252 valence electrons. The first-order valence-corrected chi connectivity index (χ1v) is 18.1. The van der Waals surface area contributed by atoms with Gasteiger partial charge in [-0.05, 0) is 77.4 Å². The van der Waals surface area contributed by atoms with Crippen LogP contribution in [0.15, 0.2) is 173 Å². The molecule has 12 rings (SSSR count). The van der Waals surface area contributed by atoms with Crippen LogP contribution in [0.1, 0.15) is 0 Å². The summed E-state index contributed by atoms with van der Waals surface area (Å²) in [6, 6.07) is 53.2. The van der Waals surface area contributed by atoms with Gasteiger partial charge in [-0.2, -0.15) is 0 Å². The molecule has 54 heavy (non-hydrogen) atoms. The molecule has 6 nitrogen and oxygen atoms in total. The third-order valence-electron chi connectivity index (χ3n) is 10.9. The molecule has 0 spiro atoms. The zero-order valence-electron chi connectivity index (χ0n) is 28.7. The molecule has 0 aliphatic heterocycles. The molecule has 0 fully saturated rings. The van der Waals surface area contributed by atoms with Crippen molar-refractivity contribution < 1.29 is 8.83 Å². The maximum absolute atomic E-state index is 7.18. The fraction of sp³-hybridized carbons (Fsp3) is 0. The van der Waals surface area contributed by atoms with Crippen LogP contribution in [0.25, 0.3) is 116 Å². The number of benzene rings is 7. The Morgan fingerprint density at radius 2 is 1.26 bits per heavy atom. The lowest BCUT2D eigenvalue weighted by Crippen LogP contribution is -1.94. The Bertz CT molecular complexity index is 3460. The van der Waals surface area contributed by atoms with Crippen molar-refractivity contribution in [2.24, 2.45) is 0 Å². The number of aromatic amines is 1. The van der Waals surface area contributed by atoms with E-state index in [4.69, 9.17) is 18.8 Å². The fourth-order valence-electron chi connectivity index (χ4n) is 8.39. The number of hydrogen-bond donors (Lipinski definition) is 1. The molecule has 0 aliphatic rings. The van der Waals surface area contributed by atoms with Crippen LogP contribution < -0.4 is 0 Å². The van der Waals surface area contributed by atoms with Gasteiger partial charge in [-0.1, -0.05) is 91.0 Å². The number of H-pyrrole nitrogens is 1. The molecule has 0 radical (unpaired) electrons. The van der Waals surface area contributed by atoms with Gasteiger partial charge in [0.2, 0.25) is 0 Å². The average molecular weight is 693 g/mol. The Hall–Kier alpha value is -7.44. The van der Waals surface area contributed by atoms with Crippen molar-refractivity contribution in [2.75, 3.05) is 0 Å². The number of furan rings is 2. The molecule has 1 N–H and O–H groups in total. The molecule has 0 saturated carbocycles. The van der Waals surface area contributed by atoms with Gasteiger partial charge in [0.15, 0.2) is 11.4 Å². The van der Waals surface area contributed by atoms with E-state index in [0.717, 1.165) is 88.3 Å². The Labute approximate surface area is 307 Å². The summed E-state index contributed by atoms with van der Waals surface area (Å²) >= 11 is 0. The van der Waals surface area contributed by atoms with Crippen molar-refractivity contribution >= 4 is 76.7 Å². The van der Waals surface area contributed by atoms with Gasteiger partial charge in [0, 0.05) is 49.6 Å². The Balaban J connectivity index is 1.14. The molecule has 7 aromatic carbocycles. The summed E-state index contributed by atoms with van der Waals surface area (Å²) in [5.74, 6) is 0.626. The number of rotatable bonds is 4. The van der Waals surface area contributed by atoms with Gasteiger partial charge in [0.05, 0.1) is 34.0 Å². The largest absolute Gasteiger partial charge is 0.456 e. The summed E-state index contributed by atoms with van der Waals surface area (Å²) in [5.41, 5.74) is 13.4. The van der Waals surface area contributed by atoms with Crippen LogP contribution in [0.4, 0.5) is 0 Å². The molecule has 12 aromatic rings. The highest BCUT2D eigenvalue weighted by Crippen LogP contribution is 2.45. The molecule has 0 unspecified atom stereocenters. The minimum absolute atomic E-state index is 0.626. The second-order valence-electron chi connectivity index (χ2n) is 13.9. The summed E-state index contributed by atoms with van der Waals surface area (Å²) in [7, 11) is 0. The van der Waals surface area contributed by atoms with Crippen molar-refractivity contribution in [3.63, 3.8) is 0 Å². The van der Waals surface area contributed by atoms with E-state index in [1.807, 2.05) is 36.7 Å². The van der Waals surface area contributed by atoms with Crippen LogP contribution in [0, 0.1) is 0 Å². The van der Waals surface area contributed by atoms with Crippen LogP contribution in [0.5, 0.6) is 0 Å². The molecule has 5 heterocycles. The molecular formula is C48H28N4O2. The van der Waals surface area contributed by atoms with Crippen LogP contribution in [-0.2, 0) is 0 Å². The molecule has 0 amide bonds. The molecule has 0 saturated heterocycles. The molecule has 0 aliphatic carbocycles. The number of fused-ring (bicyclic) bond motifs is 10. The van der Waals surface area contributed by atoms with E-state index in [1.165, 1.54) is 21.9 Å². The third-order valence-corrected chi connectivity index (χ3v) is 10.9. The predicted octanol–water partition coefficient (Wildman–Crippen LogP) is 12.9. The highest BCUT2D eigenvalue weighted by atomic mass is 16.3. The summed E-state index contributed by atoms with van der Waals surface area (Å²) < 4.78 is 15.9. The second-order valence-corrected chi connectivity index (χ2v) is 13.9. The maximum Gasteiger partial charge on any atom is 0.160 e. The Morgan fingerprint density at radius 1 is 0.500 bits per heavy atom. The van der Waals surface area contributed by atoms with E-state index in [-0.39, 0.29) is 0 Å². The smallest absolute Gasteiger partial charge is 0.160 e. The van der Waals surface area contributed by atoms with Crippen molar-refractivity contribution in [3.8, 4) is 39.3 Å². The highest BCUT2D eigenvalue weighted by Gasteiger charge is 2.23. The zero-order chi connectivity index (χ0) is 35.3. The molecule has 0 bridgehead atoms. The maximum atomic E-state index is 7.18. The topological polar surface area (TPSA) is 72.8 Å². The molecule has 5 aromatic heterocycles. The van der Waals surface area contributed by atoms with E-state index in [2.05, 4.69) is 137 Å². The minimum atomic E-state index is 0.626. The predicted molar refractivity (Wildman–Crippen MR) is 219 cm³/mol. The third kappa shape index (κ3) is 4.16. The van der Waals surface area contributed by atoms with Gasteiger partial charge in [0.25, 0.3) is 0 Å². The average Bonchev–Trinajstić information content (AvgIpc) is 4.02. The van der Waals surface area contributed by atoms with Crippen molar-refractivity contribution in [3.05, 3.63) is 164 Å². The van der Waals surface area contributed by atoms with Gasteiger partial charge in [-0.15, -0.1) is 0 Å². The highest BCUT2D eigenvalue weighted by molar-refractivity contribution is 6.17. The zero-order valence-corrected chi connectivity index (χ0v) is 28.7. The van der Waals surface area contributed by atoms with Crippen LogP contribution in [0.3, 0.4) is 0 Å². The second kappa shape index (κ2) is 11.0. The van der Waals surface area contributed by atoms with Gasteiger partial charge in [-0.3, -0.25) is 0 Å². The van der Waals surface area contributed by atoms with Crippen LogP contribution in [-0.4, -0.2) is 19.5 Å². The van der Waals surface area contributed by atoms with Crippen molar-refractivity contribution in [1.82, 2.24) is 19.5 Å². The molecular weight excluding hydrogens is 665 g/mol. The van der Waals surface area contributed by atoms with E-state index >= 15 is 0 Å². The van der Waals surface area contributed by atoms with Gasteiger partial charge in [0.1, 0.15) is 16.7 Å². The van der Waals surface area contributed by atoms with E-state index < -0.39 is 0 Å².